The van der Waals surface area contributed by atoms with Gasteiger partial charge in [-0.05, 0) is 24.5 Å². The van der Waals surface area contributed by atoms with Crippen molar-refractivity contribution in [1.29, 1.82) is 0 Å². The molecule has 18 heavy (non-hydrogen) atoms. The predicted molar refractivity (Wildman–Crippen MR) is 79.8 cm³/mol. The van der Waals surface area contributed by atoms with E-state index in [1.54, 1.807) is 18.7 Å². The normalized spacial score (nSPS) is 18.2. The molecule has 1 amide bonds. The summed E-state index contributed by atoms with van der Waals surface area (Å²) in [6.07, 6.45) is 0.903. The fraction of sp³-hybridized carbons (Fsp3) is 0.929. The topological polar surface area (TPSA) is 49.3 Å². The van der Waals surface area contributed by atoms with E-state index < -0.39 is 5.60 Å². The summed E-state index contributed by atoms with van der Waals surface area (Å²) in [6.45, 7) is 12.3. The summed E-state index contributed by atoms with van der Waals surface area (Å²) in [5.74, 6) is 1.45. The second kappa shape index (κ2) is 8.05. The Kier molecular flexibility index (Phi) is 7.95. The molecule has 2 N–H and O–H groups in total. The van der Waals surface area contributed by atoms with Gasteiger partial charge in [-0.15, -0.1) is 11.8 Å². The van der Waals surface area contributed by atoms with Crippen molar-refractivity contribution in [3.63, 3.8) is 0 Å². The van der Waals surface area contributed by atoms with Crippen molar-refractivity contribution in [2.75, 3.05) is 12.3 Å². The van der Waals surface area contributed by atoms with E-state index in [1.165, 1.54) is 0 Å². The second-order valence-electron chi connectivity index (χ2n) is 5.50. The number of nitrogens with one attached hydrogen (secondary N) is 1. The van der Waals surface area contributed by atoms with Gasteiger partial charge in [-0.1, -0.05) is 41.0 Å². The number of thioether (sulfide) groups is 1. The van der Waals surface area contributed by atoms with Gasteiger partial charge in [0.05, 0.1) is 10.9 Å². The molecule has 0 saturated carbocycles. The van der Waals surface area contributed by atoms with Gasteiger partial charge >= 0.3 is 0 Å². The maximum atomic E-state index is 12.1. The minimum absolute atomic E-state index is 0.0252. The lowest BCUT2D eigenvalue weighted by Gasteiger charge is -2.31. The number of carbonyl (C=O) groups is 1. The van der Waals surface area contributed by atoms with Crippen LogP contribution in [0.3, 0.4) is 0 Å². The number of hydrogen-bond acceptors (Lipinski definition) is 3. The first-order chi connectivity index (χ1) is 8.26. The van der Waals surface area contributed by atoms with Gasteiger partial charge < -0.3 is 10.4 Å². The molecule has 0 aromatic rings. The largest absolute Gasteiger partial charge is 0.388 e. The third-order valence-corrected chi connectivity index (χ3v) is 4.96. The summed E-state index contributed by atoms with van der Waals surface area (Å²) in [5, 5.41) is 13.1. The molecule has 4 heteroatoms. The first-order valence-corrected chi connectivity index (χ1v) is 7.92. The van der Waals surface area contributed by atoms with Crippen LogP contribution in [0.25, 0.3) is 0 Å². The van der Waals surface area contributed by atoms with Crippen LogP contribution >= 0.6 is 11.8 Å². The Hall–Kier alpha value is -0.220. The van der Waals surface area contributed by atoms with Gasteiger partial charge in [0.1, 0.15) is 0 Å². The molecule has 0 aromatic carbocycles. The molecule has 0 heterocycles. The lowest BCUT2D eigenvalue weighted by atomic mass is 9.88. The van der Waals surface area contributed by atoms with Crippen molar-refractivity contribution in [1.82, 2.24) is 5.32 Å². The van der Waals surface area contributed by atoms with Gasteiger partial charge in [-0.3, -0.25) is 4.79 Å². The van der Waals surface area contributed by atoms with Crippen LogP contribution in [-0.2, 0) is 4.79 Å². The Morgan fingerprint density at radius 1 is 1.33 bits per heavy atom. The molecule has 108 valence electrons. The molecule has 0 aliphatic rings. The van der Waals surface area contributed by atoms with Crippen LogP contribution in [0.5, 0.6) is 0 Å². The molecule has 0 radical (unpaired) electrons. The zero-order chi connectivity index (χ0) is 14.3. The Labute approximate surface area is 116 Å². The van der Waals surface area contributed by atoms with Gasteiger partial charge in [0, 0.05) is 6.54 Å². The van der Waals surface area contributed by atoms with E-state index in [2.05, 4.69) is 26.1 Å². The maximum absolute atomic E-state index is 12.1. The van der Waals surface area contributed by atoms with Crippen LogP contribution in [0.1, 0.15) is 48.0 Å². The monoisotopic (exact) mass is 275 g/mol. The minimum Gasteiger partial charge on any atom is -0.388 e. The predicted octanol–water partition coefficient (Wildman–Crippen LogP) is 2.68. The van der Waals surface area contributed by atoms with Crippen LogP contribution < -0.4 is 5.32 Å². The van der Waals surface area contributed by atoms with Crippen molar-refractivity contribution in [3.8, 4) is 0 Å². The molecule has 0 fully saturated rings. The molecular formula is C14H29NO2S. The van der Waals surface area contributed by atoms with Crippen molar-refractivity contribution in [3.05, 3.63) is 0 Å². The zero-order valence-electron chi connectivity index (χ0n) is 12.6. The number of amides is 1. The summed E-state index contributed by atoms with van der Waals surface area (Å²) in [5.41, 5.74) is -0.831. The summed E-state index contributed by atoms with van der Waals surface area (Å²) >= 11 is 1.66. The molecule has 3 nitrogen and oxygen atoms in total. The maximum Gasteiger partial charge on any atom is 0.233 e. The summed E-state index contributed by atoms with van der Waals surface area (Å²) in [4.78, 5) is 12.1. The number of hydrogen-bond donors (Lipinski definition) is 2. The molecule has 0 aliphatic carbocycles. The molecule has 0 aliphatic heterocycles. The highest BCUT2D eigenvalue weighted by atomic mass is 32.2. The van der Waals surface area contributed by atoms with Crippen LogP contribution in [0.2, 0.25) is 0 Å². The zero-order valence-corrected chi connectivity index (χ0v) is 13.4. The van der Waals surface area contributed by atoms with Crippen LogP contribution in [-0.4, -0.2) is 34.2 Å². The average Bonchev–Trinajstić information content (AvgIpc) is 2.31. The summed E-state index contributed by atoms with van der Waals surface area (Å²) in [7, 11) is 0. The lowest BCUT2D eigenvalue weighted by Crippen LogP contribution is -2.47. The van der Waals surface area contributed by atoms with E-state index in [-0.39, 0.29) is 17.1 Å². The van der Waals surface area contributed by atoms with Gasteiger partial charge in [0.2, 0.25) is 5.91 Å². The van der Waals surface area contributed by atoms with E-state index in [0.29, 0.717) is 12.5 Å². The number of carbonyl (C=O) groups excluding carboxylic acids is 1. The van der Waals surface area contributed by atoms with E-state index >= 15 is 0 Å². The van der Waals surface area contributed by atoms with Crippen molar-refractivity contribution in [2.45, 2.75) is 58.8 Å². The number of rotatable bonds is 8. The van der Waals surface area contributed by atoms with Gasteiger partial charge in [-0.25, -0.2) is 0 Å². The highest BCUT2D eigenvalue weighted by Gasteiger charge is 2.29. The highest BCUT2D eigenvalue weighted by Crippen LogP contribution is 2.21. The quantitative estimate of drug-likeness (QED) is 0.716. The van der Waals surface area contributed by atoms with E-state index in [4.69, 9.17) is 0 Å². The molecule has 0 rings (SSSR count). The van der Waals surface area contributed by atoms with E-state index in [1.807, 2.05) is 13.8 Å². The second-order valence-corrected chi connectivity index (χ2v) is 6.92. The van der Waals surface area contributed by atoms with Crippen molar-refractivity contribution >= 4 is 17.7 Å². The lowest BCUT2D eigenvalue weighted by molar-refractivity contribution is -0.122. The molecule has 0 spiro atoms. The average molecular weight is 275 g/mol. The Bertz CT molecular complexity index is 254. The molecule has 0 saturated heterocycles. The fourth-order valence-electron chi connectivity index (χ4n) is 1.73. The van der Waals surface area contributed by atoms with E-state index in [0.717, 1.165) is 12.2 Å². The summed E-state index contributed by atoms with van der Waals surface area (Å²) in [6, 6.07) is 0. The summed E-state index contributed by atoms with van der Waals surface area (Å²) < 4.78 is 0. The Morgan fingerprint density at radius 2 is 1.89 bits per heavy atom. The van der Waals surface area contributed by atoms with Gasteiger partial charge in [0.15, 0.2) is 0 Å². The number of aliphatic hydroxyl groups is 1. The van der Waals surface area contributed by atoms with Gasteiger partial charge in [0.25, 0.3) is 0 Å². The Morgan fingerprint density at radius 3 is 2.28 bits per heavy atom. The molecule has 0 aromatic heterocycles. The molecule has 3 atom stereocenters. The molecular weight excluding hydrogens is 246 g/mol. The third-order valence-electron chi connectivity index (χ3n) is 3.50. The molecule has 0 bridgehead atoms. The van der Waals surface area contributed by atoms with Crippen molar-refractivity contribution < 1.29 is 9.90 Å². The first-order valence-electron chi connectivity index (χ1n) is 6.87. The van der Waals surface area contributed by atoms with Crippen LogP contribution in [0, 0.1) is 11.8 Å². The van der Waals surface area contributed by atoms with Crippen LogP contribution in [0.15, 0.2) is 0 Å². The fourth-order valence-corrected chi connectivity index (χ4v) is 2.71. The minimum atomic E-state index is -0.831. The smallest absolute Gasteiger partial charge is 0.233 e. The van der Waals surface area contributed by atoms with Crippen LogP contribution in [0.4, 0.5) is 0 Å². The Balaban J connectivity index is 4.39. The van der Waals surface area contributed by atoms with E-state index in [9.17, 15) is 9.90 Å². The third kappa shape index (κ3) is 5.61. The van der Waals surface area contributed by atoms with Crippen molar-refractivity contribution in [2.24, 2.45) is 11.8 Å². The first kappa shape index (κ1) is 17.8. The van der Waals surface area contributed by atoms with Gasteiger partial charge in [-0.2, -0.15) is 0 Å². The molecule has 3 unspecified atom stereocenters. The highest BCUT2D eigenvalue weighted by molar-refractivity contribution is 8.00. The SMILES string of the molecule is CCSC(C(=O)NCC(C)(O)C(C)CC)C(C)C. The standard InChI is InChI=1S/C14H29NO2S/c1-7-11(5)14(6,17)9-15-13(16)12(10(3)4)18-8-2/h10-12,17H,7-9H2,1-6H3,(H,15,16).